The Balaban J connectivity index is 2.80. The fourth-order valence-corrected chi connectivity index (χ4v) is 2.39. The molecule has 0 aromatic heterocycles. The summed E-state index contributed by atoms with van der Waals surface area (Å²) in [5, 5.41) is 0.912. The number of ketones is 1. The Morgan fingerprint density at radius 3 is 2.71 bits per heavy atom. The molecule has 0 heterocycles. The molecule has 17 heavy (non-hydrogen) atoms. The van der Waals surface area contributed by atoms with Crippen molar-refractivity contribution in [1.29, 1.82) is 0 Å². The number of rotatable bonds is 6. The predicted molar refractivity (Wildman–Crippen MR) is 77.2 cm³/mol. The molecule has 0 fully saturated rings. The van der Waals surface area contributed by atoms with Crippen LogP contribution in [0.2, 0.25) is 0 Å². The molecule has 0 N–H and O–H groups in total. The van der Waals surface area contributed by atoms with Crippen LogP contribution in [0.1, 0.15) is 30.6 Å². The van der Waals surface area contributed by atoms with Crippen LogP contribution in [0.25, 0.3) is 0 Å². The Morgan fingerprint density at radius 2 is 2.18 bits per heavy atom. The van der Waals surface area contributed by atoms with Gasteiger partial charge in [0.2, 0.25) is 0 Å². The topological polar surface area (TPSA) is 26.3 Å². The molecule has 1 unspecified atom stereocenters. The minimum atomic E-state index is 0.0215. The summed E-state index contributed by atoms with van der Waals surface area (Å²) in [6.07, 6.45) is 1.05. The van der Waals surface area contributed by atoms with E-state index in [9.17, 15) is 4.79 Å². The van der Waals surface area contributed by atoms with Gasteiger partial charge >= 0.3 is 0 Å². The highest BCUT2D eigenvalue weighted by Crippen LogP contribution is 2.24. The first-order chi connectivity index (χ1) is 8.08. The van der Waals surface area contributed by atoms with Crippen molar-refractivity contribution in [2.45, 2.75) is 20.3 Å². The van der Waals surface area contributed by atoms with Crippen LogP contribution in [0.3, 0.4) is 0 Å². The lowest BCUT2D eigenvalue weighted by atomic mass is 10.1. The van der Waals surface area contributed by atoms with Crippen LogP contribution in [0.5, 0.6) is 5.75 Å². The Kier molecular flexibility index (Phi) is 6.20. The number of alkyl halides is 1. The molecule has 2 nitrogen and oxygen atoms in total. The molecule has 0 aliphatic carbocycles. The first kappa shape index (κ1) is 14.7. The van der Waals surface area contributed by atoms with Gasteiger partial charge in [-0.25, -0.2) is 0 Å². The van der Waals surface area contributed by atoms with Crippen LogP contribution >= 0.6 is 31.9 Å². The van der Waals surface area contributed by atoms with Gasteiger partial charge in [-0.3, -0.25) is 4.79 Å². The second-order valence-electron chi connectivity index (χ2n) is 3.94. The lowest BCUT2D eigenvalue weighted by Gasteiger charge is -2.15. The normalized spacial score (nSPS) is 12.2. The molecule has 0 bridgehead atoms. The maximum absolute atomic E-state index is 11.5. The van der Waals surface area contributed by atoms with E-state index in [0.29, 0.717) is 23.8 Å². The molecule has 0 amide bonds. The molecule has 1 aromatic carbocycles. The van der Waals surface area contributed by atoms with Crippen LogP contribution in [0.4, 0.5) is 0 Å². The molecule has 0 radical (unpaired) electrons. The van der Waals surface area contributed by atoms with Crippen molar-refractivity contribution in [3.8, 4) is 5.75 Å². The van der Waals surface area contributed by atoms with Gasteiger partial charge in [-0.05, 0) is 31.5 Å². The lowest BCUT2D eigenvalue weighted by Crippen LogP contribution is -2.13. The molecule has 0 aliphatic heterocycles. The maximum atomic E-state index is 11.5. The Hall–Kier alpha value is -0.350. The van der Waals surface area contributed by atoms with Crippen LogP contribution in [-0.4, -0.2) is 17.7 Å². The van der Waals surface area contributed by atoms with E-state index in [2.05, 4.69) is 38.8 Å². The minimum Gasteiger partial charge on any atom is -0.493 e. The second-order valence-corrected chi connectivity index (χ2v) is 5.50. The average Bonchev–Trinajstić information content (AvgIpc) is 2.31. The minimum absolute atomic E-state index is 0.0215. The fraction of sp³-hybridized carbons (Fsp3) is 0.462. The van der Waals surface area contributed by atoms with Gasteiger partial charge in [0.1, 0.15) is 5.75 Å². The predicted octanol–water partition coefficient (Wildman–Crippen LogP) is 4.45. The van der Waals surface area contributed by atoms with Crippen molar-refractivity contribution in [3.63, 3.8) is 0 Å². The standard InChI is InChI=1S/C13H16Br2O2/c1-3-10(7-14)8-17-13-5-4-11(15)6-12(13)9(2)16/h4-6,10H,3,7-8H2,1-2H3. The van der Waals surface area contributed by atoms with Crippen LogP contribution in [-0.2, 0) is 0 Å². The third-order valence-electron chi connectivity index (χ3n) is 2.59. The molecular weight excluding hydrogens is 348 g/mol. The molecule has 1 aromatic rings. The zero-order valence-corrected chi connectivity index (χ0v) is 13.2. The van der Waals surface area contributed by atoms with E-state index in [4.69, 9.17) is 4.74 Å². The summed E-state index contributed by atoms with van der Waals surface area (Å²) < 4.78 is 6.62. The molecule has 0 spiro atoms. The maximum Gasteiger partial charge on any atom is 0.163 e. The quantitative estimate of drug-likeness (QED) is 0.551. The fourth-order valence-electron chi connectivity index (χ4n) is 1.38. The summed E-state index contributed by atoms with van der Waals surface area (Å²) in [6, 6.07) is 5.52. The number of carbonyl (C=O) groups is 1. The van der Waals surface area contributed by atoms with Gasteiger partial charge < -0.3 is 4.74 Å². The van der Waals surface area contributed by atoms with Gasteiger partial charge in [0.15, 0.2) is 5.78 Å². The third kappa shape index (κ3) is 4.43. The lowest BCUT2D eigenvalue weighted by molar-refractivity contribution is 0.101. The van der Waals surface area contributed by atoms with Crippen molar-refractivity contribution >= 4 is 37.6 Å². The molecule has 0 aliphatic rings. The number of halogens is 2. The van der Waals surface area contributed by atoms with Crippen LogP contribution < -0.4 is 4.74 Å². The number of hydrogen-bond acceptors (Lipinski definition) is 2. The van der Waals surface area contributed by atoms with E-state index in [0.717, 1.165) is 16.2 Å². The Labute approximate surface area is 119 Å². The Morgan fingerprint density at radius 1 is 1.47 bits per heavy atom. The summed E-state index contributed by atoms with van der Waals surface area (Å²) in [5.41, 5.74) is 0.629. The number of benzene rings is 1. The highest BCUT2D eigenvalue weighted by Gasteiger charge is 2.11. The van der Waals surface area contributed by atoms with E-state index in [1.807, 2.05) is 12.1 Å². The zero-order valence-electron chi connectivity index (χ0n) is 10.0. The van der Waals surface area contributed by atoms with Crippen LogP contribution in [0.15, 0.2) is 22.7 Å². The van der Waals surface area contributed by atoms with Crippen molar-refractivity contribution in [3.05, 3.63) is 28.2 Å². The summed E-state index contributed by atoms with van der Waals surface area (Å²) in [7, 11) is 0. The molecule has 0 saturated carbocycles. The van der Waals surface area contributed by atoms with Gasteiger partial charge in [-0.1, -0.05) is 38.8 Å². The van der Waals surface area contributed by atoms with Gasteiger partial charge in [-0.2, -0.15) is 0 Å². The van der Waals surface area contributed by atoms with Crippen LogP contribution in [0, 0.1) is 5.92 Å². The van der Waals surface area contributed by atoms with E-state index in [1.165, 1.54) is 0 Å². The molecule has 94 valence electrons. The summed E-state index contributed by atoms with van der Waals surface area (Å²) >= 11 is 6.81. The smallest absolute Gasteiger partial charge is 0.163 e. The van der Waals surface area contributed by atoms with Gasteiger partial charge in [0, 0.05) is 15.7 Å². The molecule has 4 heteroatoms. The van der Waals surface area contributed by atoms with E-state index in [-0.39, 0.29) is 5.78 Å². The molecule has 1 rings (SSSR count). The number of Topliss-reactive ketones (excluding diaryl/α,β-unsaturated/α-hetero) is 1. The monoisotopic (exact) mass is 362 g/mol. The molecule has 0 saturated heterocycles. The number of ether oxygens (including phenoxy) is 1. The largest absolute Gasteiger partial charge is 0.493 e. The zero-order chi connectivity index (χ0) is 12.8. The van der Waals surface area contributed by atoms with Gasteiger partial charge in [0.05, 0.1) is 12.2 Å². The molecular formula is C13H16Br2O2. The average molecular weight is 364 g/mol. The third-order valence-corrected chi connectivity index (χ3v) is 4.00. The number of hydrogen-bond donors (Lipinski definition) is 0. The highest BCUT2D eigenvalue weighted by atomic mass is 79.9. The second kappa shape index (κ2) is 7.17. The summed E-state index contributed by atoms with van der Waals surface area (Å²) in [6.45, 7) is 4.31. The Bertz CT molecular complexity index is 387. The first-order valence-corrected chi connectivity index (χ1v) is 7.49. The van der Waals surface area contributed by atoms with Crippen molar-refractivity contribution in [1.82, 2.24) is 0 Å². The van der Waals surface area contributed by atoms with E-state index >= 15 is 0 Å². The summed E-state index contributed by atoms with van der Waals surface area (Å²) in [4.78, 5) is 11.5. The van der Waals surface area contributed by atoms with E-state index in [1.54, 1.807) is 13.0 Å². The van der Waals surface area contributed by atoms with Gasteiger partial charge in [-0.15, -0.1) is 0 Å². The number of carbonyl (C=O) groups excluding carboxylic acids is 1. The highest BCUT2D eigenvalue weighted by molar-refractivity contribution is 9.10. The molecule has 1 atom stereocenters. The SMILES string of the molecule is CCC(CBr)COc1ccc(Br)cc1C(C)=O. The summed E-state index contributed by atoms with van der Waals surface area (Å²) in [5.74, 6) is 1.16. The van der Waals surface area contributed by atoms with Gasteiger partial charge in [0.25, 0.3) is 0 Å². The first-order valence-electron chi connectivity index (χ1n) is 5.57. The van der Waals surface area contributed by atoms with Crippen molar-refractivity contribution < 1.29 is 9.53 Å². The van der Waals surface area contributed by atoms with E-state index < -0.39 is 0 Å². The van der Waals surface area contributed by atoms with Crippen molar-refractivity contribution in [2.24, 2.45) is 5.92 Å². The van der Waals surface area contributed by atoms with Crippen molar-refractivity contribution in [2.75, 3.05) is 11.9 Å².